The maximum absolute atomic E-state index is 13.3. The first-order valence-corrected chi connectivity index (χ1v) is 10.6. The topological polar surface area (TPSA) is 86.9 Å². The van der Waals surface area contributed by atoms with E-state index in [9.17, 15) is 14.7 Å². The maximum atomic E-state index is 13.3. The Morgan fingerprint density at radius 1 is 1.17 bits per heavy atom. The van der Waals surface area contributed by atoms with Crippen LogP contribution in [-0.2, 0) is 16.0 Å². The Bertz CT molecular complexity index is 894. The molecule has 2 atom stereocenters. The molecule has 0 saturated carbocycles. The van der Waals surface area contributed by atoms with Crippen molar-refractivity contribution in [1.82, 2.24) is 9.80 Å². The number of aliphatic hydroxyl groups is 1. The van der Waals surface area contributed by atoms with Gasteiger partial charge in [0.1, 0.15) is 0 Å². The molecule has 2 aromatic rings. The summed E-state index contributed by atoms with van der Waals surface area (Å²) < 4.78 is 0. The summed E-state index contributed by atoms with van der Waals surface area (Å²) >= 11 is 12.1. The number of nitrogens with zero attached hydrogens (tertiary/aromatic N) is 2. The first kappa shape index (κ1) is 22.6. The van der Waals surface area contributed by atoms with Gasteiger partial charge in [0.2, 0.25) is 11.8 Å². The summed E-state index contributed by atoms with van der Waals surface area (Å²) in [5.74, 6) is -0.819. The van der Waals surface area contributed by atoms with Gasteiger partial charge in [-0.25, -0.2) is 0 Å². The number of halogens is 2. The number of hydrogen-bond donors (Lipinski definition) is 2. The predicted molar refractivity (Wildman–Crippen MR) is 117 cm³/mol. The van der Waals surface area contributed by atoms with Crippen LogP contribution in [0.1, 0.15) is 23.6 Å². The predicted octanol–water partition coefficient (Wildman–Crippen LogP) is 2.66. The van der Waals surface area contributed by atoms with E-state index in [2.05, 4.69) is 4.90 Å². The highest BCUT2D eigenvalue weighted by molar-refractivity contribution is 6.42. The summed E-state index contributed by atoms with van der Waals surface area (Å²) in [5, 5.41) is 10.7. The van der Waals surface area contributed by atoms with Gasteiger partial charge in [0.05, 0.1) is 35.2 Å². The van der Waals surface area contributed by atoms with Crippen LogP contribution >= 0.6 is 23.2 Å². The number of hydrogen-bond acceptors (Lipinski definition) is 4. The monoisotopic (exact) mass is 449 g/mol. The lowest BCUT2D eigenvalue weighted by molar-refractivity contribution is -0.137. The number of benzene rings is 2. The Balaban J connectivity index is 1.88. The van der Waals surface area contributed by atoms with E-state index in [0.29, 0.717) is 35.1 Å². The zero-order valence-corrected chi connectivity index (χ0v) is 18.0. The second kappa shape index (κ2) is 10.3. The molecule has 6 nitrogen and oxygen atoms in total. The lowest BCUT2D eigenvalue weighted by atomic mass is 10.0. The summed E-state index contributed by atoms with van der Waals surface area (Å²) in [5.41, 5.74) is 7.10. The average molecular weight is 450 g/mol. The second-order valence-electron chi connectivity index (χ2n) is 7.54. The van der Waals surface area contributed by atoms with Gasteiger partial charge in [0.25, 0.3) is 0 Å². The van der Waals surface area contributed by atoms with Crippen molar-refractivity contribution in [1.29, 1.82) is 0 Å². The quantitative estimate of drug-likeness (QED) is 0.648. The minimum Gasteiger partial charge on any atom is -0.392 e. The summed E-state index contributed by atoms with van der Waals surface area (Å²) in [4.78, 5) is 28.7. The second-order valence-corrected chi connectivity index (χ2v) is 8.36. The summed E-state index contributed by atoms with van der Waals surface area (Å²) in [7, 11) is 0. The van der Waals surface area contributed by atoms with Gasteiger partial charge in [-0.05, 0) is 29.7 Å². The van der Waals surface area contributed by atoms with E-state index in [1.807, 2.05) is 30.3 Å². The van der Waals surface area contributed by atoms with Gasteiger partial charge in [0, 0.05) is 19.6 Å². The van der Waals surface area contributed by atoms with Crippen LogP contribution in [0, 0.1) is 0 Å². The van der Waals surface area contributed by atoms with Crippen LogP contribution in [0.25, 0.3) is 0 Å². The number of likely N-dealkylation sites (tertiary alicyclic amines) is 1. The van der Waals surface area contributed by atoms with Crippen molar-refractivity contribution in [3.05, 3.63) is 69.7 Å². The largest absolute Gasteiger partial charge is 0.392 e. The average Bonchev–Trinajstić information content (AvgIpc) is 3.12. The van der Waals surface area contributed by atoms with Gasteiger partial charge in [-0.15, -0.1) is 0 Å². The van der Waals surface area contributed by atoms with E-state index in [4.69, 9.17) is 28.9 Å². The van der Waals surface area contributed by atoms with Crippen LogP contribution in [0.15, 0.2) is 48.5 Å². The fraction of sp³-hybridized carbons (Fsp3) is 0.364. The van der Waals surface area contributed by atoms with E-state index in [1.54, 1.807) is 18.2 Å². The number of carbonyl (C=O) groups is 2. The SMILES string of the molecule is NC(=O)CN(C(=O)Cc1ccc(Cl)c(Cl)c1)[C@H](CN1CC[C@H](O)C1)c1ccccc1. The molecule has 0 aliphatic carbocycles. The van der Waals surface area contributed by atoms with Crippen molar-refractivity contribution < 1.29 is 14.7 Å². The van der Waals surface area contributed by atoms with Crippen molar-refractivity contribution in [3.8, 4) is 0 Å². The molecular formula is C22H25Cl2N3O3. The van der Waals surface area contributed by atoms with Gasteiger partial charge in [-0.1, -0.05) is 59.6 Å². The van der Waals surface area contributed by atoms with Gasteiger partial charge in [-0.2, -0.15) is 0 Å². The summed E-state index contributed by atoms with van der Waals surface area (Å²) in [6, 6.07) is 14.2. The molecule has 1 aliphatic heterocycles. The van der Waals surface area contributed by atoms with Crippen molar-refractivity contribution in [2.24, 2.45) is 5.73 Å². The Morgan fingerprint density at radius 3 is 2.50 bits per heavy atom. The Hall–Kier alpha value is -2.12. The van der Waals surface area contributed by atoms with Crippen LogP contribution in [0.2, 0.25) is 10.0 Å². The molecule has 0 unspecified atom stereocenters. The maximum Gasteiger partial charge on any atom is 0.237 e. The lowest BCUT2D eigenvalue weighted by Gasteiger charge is -2.34. The molecule has 0 spiro atoms. The molecule has 1 aliphatic rings. The first-order chi connectivity index (χ1) is 14.3. The highest BCUT2D eigenvalue weighted by Crippen LogP contribution is 2.27. The third kappa shape index (κ3) is 5.95. The third-order valence-electron chi connectivity index (χ3n) is 5.23. The van der Waals surface area contributed by atoms with E-state index in [0.717, 1.165) is 12.1 Å². The zero-order valence-electron chi connectivity index (χ0n) is 16.5. The van der Waals surface area contributed by atoms with Crippen molar-refractivity contribution >= 4 is 35.0 Å². The van der Waals surface area contributed by atoms with Gasteiger partial charge < -0.3 is 15.7 Å². The van der Waals surface area contributed by atoms with Crippen LogP contribution in [0.4, 0.5) is 0 Å². The minimum atomic E-state index is -0.583. The molecule has 160 valence electrons. The normalized spacial score (nSPS) is 17.6. The molecule has 1 saturated heterocycles. The lowest BCUT2D eigenvalue weighted by Crippen LogP contribution is -2.45. The molecule has 0 bridgehead atoms. The van der Waals surface area contributed by atoms with E-state index in [1.165, 1.54) is 4.90 Å². The van der Waals surface area contributed by atoms with Crippen molar-refractivity contribution in [3.63, 3.8) is 0 Å². The molecule has 30 heavy (non-hydrogen) atoms. The number of rotatable bonds is 8. The molecule has 0 aromatic heterocycles. The molecule has 8 heteroatoms. The molecule has 1 fully saturated rings. The Labute approximate surface area is 186 Å². The molecule has 2 amide bonds. The summed E-state index contributed by atoms with van der Waals surface area (Å²) in [6.07, 6.45) is 0.378. The van der Waals surface area contributed by atoms with E-state index < -0.39 is 5.91 Å². The highest BCUT2D eigenvalue weighted by atomic mass is 35.5. The van der Waals surface area contributed by atoms with Crippen LogP contribution < -0.4 is 5.73 Å². The molecule has 3 N–H and O–H groups in total. The van der Waals surface area contributed by atoms with E-state index >= 15 is 0 Å². The number of amides is 2. The fourth-order valence-corrected chi connectivity index (χ4v) is 4.07. The third-order valence-corrected chi connectivity index (χ3v) is 5.96. The number of β-amino-alcohol motifs (C(OH)–C–C–N with tert-alkyl or cyclic N) is 1. The fourth-order valence-electron chi connectivity index (χ4n) is 3.75. The summed E-state index contributed by atoms with van der Waals surface area (Å²) in [6.45, 7) is 1.57. The zero-order chi connectivity index (χ0) is 21.7. The van der Waals surface area contributed by atoms with Crippen molar-refractivity contribution in [2.75, 3.05) is 26.2 Å². The number of nitrogens with two attached hydrogens (primary N) is 1. The van der Waals surface area contributed by atoms with Gasteiger partial charge in [-0.3, -0.25) is 14.5 Å². The van der Waals surface area contributed by atoms with Crippen molar-refractivity contribution in [2.45, 2.75) is 25.0 Å². The standard InChI is InChI=1S/C22H25Cl2N3O3/c23-18-7-6-15(10-19(18)24)11-22(30)27(14-21(25)29)20(16-4-2-1-3-5-16)13-26-9-8-17(28)12-26/h1-7,10,17,20,28H,8-9,11-14H2,(H2,25,29)/t17-,20+/m0/s1. The minimum absolute atomic E-state index is 0.0656. The molecule has 2 aromatic carbocycles. The van der Waals surface area contributed by atoms with Crippen LogP contribution in [-0.4, -0.2) is 59.0 Å². The first-order valence-electron chi connectivity index (χ1n) is 9.80. The molecular weight excluding hydrogens is 425 g/mol. The van der Waals surface area contributed by atoms with Crippen LogP contribution in [0.3, 0.4) is 0 Å². The molecule has 0 radical (unpaired) electrons. The Morgan fingerprint density at radius 2 is 1.90 bits per heavy atom. The van der Waals surface area contributed by atoms with Gasteiger partial charge >= 0.3 is 0 Å². The van der Waals surface area contributed by atoms with Gasteiger partial charge in [0.15, 0.2) is 0 Å². The Kier molecular flexibility index (Phi) is 7.72. The molecule has 1 heterocycles. The highest BCUT2D eigenvalue weighted by Gasteiger charge is 2.31. The number of carbonyl (C=O) groups excluding carboxylic acids is 2. The number of aliphatic hydroxyl groups excluding tert-OH is 1. The van der Waals surface area contributed by atoms with Crippen LogP contribution in [0.5, 0.6) is 0 Å². The van der Waals surface area contributed by atoms with E-state index in [-0.39, 0.29) is 31.0 Å². The smallest absolute Gasteiger partial charge is 0.237 e. The molecule has 3 rings (SSSR count). The number of primary amides is 1.